The highest BCUT2D eigenvalue weighted by Crippen LogP contribution is 2.29. The first-order valence-corrected chi connectivity index (χ1v) is 11.8. The van der Waals surface area contributed by atoms with E-state index in [0.29, 0.717) is 5.82 Å². The van der Waals surface area contributed by atoms with Gasteiger partial charge in [-0.15, -0.1) is 11.3 Å². The minimum absolute atomic E-state index is 0.225. The first kappa shape index (κ1) is 21.0. The summed E-state index contributed by atoms with van der Waals surface area (Å²) in [5.74, 6) is 1.42. The summed E-state index contributed by atoms with van der Waals surface area (Å²) in [4.78, 5) is 17.8. The molecular formula is C25H26N4O2S. The molecule has 1 fully saturated rings. The Hall–Kier alpha value is -2.87. The van der Waals surface area contributed by atoms with Crippen LogP contribution in [-0.4, -0.2) is 46.8 Å². The molecule has 4 aromatic rings. The minimum Gasteiger partial charge on any atom is -0.468 e. The molecular weight excluding hydrogens is 420 g/mol. The van der Waals surface area contributed by atoms with Crippen LogP contribution in [0.15, 0.2) is 54.2 Å². The Morgan fingerprint density at radius 1 is 0.906 bits per heavy atom. The molecule has 0 spiro atoms. The minimum atomic E-state index is 0.225. The van der Waals surface area contributed by atoms with E-state index in [0.717, 1.165) is 34.5 Å². The van der Waals surface area contributed by atoms with Gasteiger partial charge in [0.2, 0.25) is 0 Å². The van der Waals surface area contributed by atoms with Crippen molar-refractivity contribution in [2.45, 2.75) is 25.8 Å². The summed E-state index contributed by atoms with van der Waals surface area (Å²) >= 11 is 1.83. The molecule has 0 radical (unpaired) electrons. The van der Waals surface area contributed by atoms with Gasteiger partial charge in [-0.3, -0.25) is 9.88 Å². The lowest BCUT2D eigenvalue weighted by Gasteiger charge is -2.25. The molecule has 0 amide bonds. The molecule has 0 aliphatic carbocycles. The molecule has 1 aromatic carbocycles. The van der Waals surface area contributed by atoms with E-state index >= 15 is 0 Å². The zero-order valence-corrected chi connectivity index (χ0v) is 19.0. The van der Waals surface area contributed by atoms with Gasteiger partial charge in [0.15, 0.2) is 12.6 Å². The van der Waals surface area contributed by atoms with Gasteiger partial charge in [0.05, 0.1) is 11.7 Å². The van der Waals surface area contributed by atoms with Crippen molar-refractivity contribution in [3.63, 3.8) is 0 Å². The molecule has 0 N–H and O–H groups in total. The molecule has 3 aromatic heterocycles. The number of methoxy groups -OCH3 is 1. The number of hydrogen-bond donors (Lipinski definition) is 0. The lowest BCUT2D eigenvalue weighted by Crippen LogP contribution is -2.28. The molecule has 0 unspecified atom stereocenters. The van der Waals surface area contributed by atoms with Crippen LogP contribution >= 0.6 is 11.3 Å². The molecule has 5 rings (SSSR count). The van der Waals surface area contributed by atoms with Crippen molar-refractivity contribution in [1.82, 2.24) is 19.9 Å². The third-order valence-corrected chi connectivity index (χ3v) is 6.63. The van der Waals surface area contributed by atoms with Gasteiger partial charge in [-0.05, 0) is 73.3 Å². The highest BCUT2D eigenvalue weighted by molar-refractivity contribution is 7.10. The molecule has 0 bridgehead atoms. The zero-order valence-electron chi connectivity index (χ0n) is 18.2. The average Bonchev–Trinajstić information content (AvgIpc) is 3.31. The largest absolute Gasteiger partial charge is 0.468 e. The molecule has 1 aliphatic rings. The number of likely N-dealkylation sites (tertiary alicyclic amines) is 1. The topological polar surface area (TPSA) is 60.4 Å². The third-order valence-electron chi connectivity index (χ3n) is 5.70. The van der Waals surface area contributed by atoms with Crippen LogP contribution in [0.1, 0.15) is 24.1 Å². The van der Waals surface area contributed by atoms with Crippen molar-refractivity contribution in [2.24, 2.45) is 0 Å². The van der Waals surface area contributed by atoms with Gasteiger partial charge in [0.1, 0.15) is 11.3 Å². The Morgan fingerprint density at radius 3 is 2.56 bits per heavy atom. The van der Waals surface area contributed by atoms with Crippen LogP contribution in [0.5, 0.6) is 5.75 Å². The normalized spacial score (nSPS) is 14.7. The van der Waals surface area contributed by atoms with Gasteiger partial charge in [0, 0.05) is 35.9 Å². The summed E-state index contributed by atoms with van der Waals surface area (Å²) in [6.45, 7) is 3.69. The molecule has 6 nitrogen and oxygen atoms in total. The van der Waals surface area contributed by atoms with Gasteiger partial charge in [-0.1, -0.05) is 6.42 Å². The van der Waals surface area contributed by atoms with E-state index in [4.69, 9.17) is 14.5 Å². The second-order valence-corrected chi connectivity index (χ2v) is 9.03. The van der Waals surface area contributed by atoms with Crippen molar-refractivity contribution < 1.29 is 9.47 Å². The number of benzene rings is 1. The first-order chi connectivity index (χ1) is 15.8. The van der Waals surface area contributed by atoms with E-state index in [1.807, 2.05) is 41.8 Å². The van der Waals surface area contributed by atoms with E-state index in [9.17, 15) is 0 Å². The molecule has 1 saturated heterocycles. The van der Waals surface area contributed by atoms with Crippen molar-refractivity contribution in [1.29, 1.82) is 0 Å². The highest BCUT2D eigenvalue weighted by Gasteiger charge is 2.13. The standard InChI is InChI=1S/C25H26N4O2S/c1-30-17-31-21-7-5-18(6-8-21)25-27-14-24-23(28-25)12-19(13-26-24)20-11-22(32-16-20)15-29-9-3-2-4-10-29/h5-8,11-14,16H,2-4,9-10,15,17H2,1H3. The zero-order chi connectivity index (χ0) is 21.8. The maximum Gasteiger partial charge on any atom is 0.188 e. The number of hydrogen-bond acceptors (Lipinski definition) is 7. The lowest BCUT2D eigenvalue weighted by atomic mass is 10.1. The predicted octanol–water partition coefficient (Wildman–Crippen LogP) is 5.39. The molecule has 164 valence electrons. The second kappa shape index (κ2) is 9.73. The SMILES string of the molecule is COCOc1ccc(-c2ncc3ncc(-c4csc(CN5CCCCC5)c4)cc3n2)cc1. The predicted molar refractivity (Wildman–Crippen MR) is 128 cm³/mol. The van der Waals surface area contributed by atoms with E-state index in [1.165, 1.54) is 42.8 Å². The molecule has 7 heteroatoms. The number of piperidine rings is 1. The maximum atomic E-state index is 5.46. The number of fused-ring (bicyclic) bond motifs is 1. The van der Waals surface area contributed by atoms with Crippen LogP contribution in [0.3, 0.4) is 0 Å². The monoisotopic (exact) mass is 446 g/mol. The summed E-state index contributed by atoms with van der Waals surface area (Å²) in [5, 5.41) is 2.23. The molecule has 1 aliphatic heterocycles. The number of aromatic nitrogens is 3. The second-order valence-electron chi connectivity index (χ2n) is 8.04. The van der Waals surface area contributed by atoms with Crippen molar-refractivity contribution >= 4 is 22.4 Å². The van der Waals surface area contributed by atoms with Gasteiger partial charge in [-0.2, -0.15) is 0 Å². The van der Waals surface area contributed by atoms with Gasteiger partial charge < -0.3 is 9.47 Å². The van der Waals surface area contributed by atoms with Crippen LogP contribution in [-0.2, 0) is 11.3 Å². The Balaban J connectivity index is 1.36. The Labute approximate surface area is 191 Å². The Bertz CT molecular complexity index is 1190. The van der Waals surface area contributed by atoms with Crippen LogP contribution in [0.2, 0.25) is 0 Å². The van der Waals surface area contributed by atoms with Crippen LogP contribution < -0.4 is 4.74 Å². The smallest absolute Gasteiger partial charge is 0.188 e. The summed E-state index contributed by atoms with van der Waals surface area (Å²) in [6, 6.07) is 12.1. The fourth-order valence-electron chi connectivity index (χ4n) is 3.99. The highest BCUT2D eigenvalue weighted by atomic mass is 32.1. The quantitative estimate of drug-likeness (QED) is 0.355. The Kier molecular flexibility index (Phi) is 6.39. The summed E-state index contributed by atoms with van der Waals surface area (Å²) in [7, 11) is 1.60. The number of pyridine rings is 1. The van der Waals surface area contributed by atoms with Gasteiger partial charge >= 0.3 is 0 Å². The van der Waals surface area contributed by atoms with Crippen molar-refractivity contribution in [2.75, 3.05) is 27.0 Å². The van der Waals surface area contributed by atoms with Gasteiger partial charge in [-0.25, -0.2) is 9.97 Å². The number of ether oxygens (including phenoxy) is 2. The molecule has 32 heavy (non-hydrogen) atoms. The number of rotatable bonds is 7. The van der Waals surface area contributed by atoms with Crippen LogP contribution in [0, 0.1) is 0 Å². The lowest BCUT2D eigenvalue weighted by molar-refractivity contribution is 0.0511. The Morgan fingerprint density at radius 2 is 1.75 bits per heavy atom. The van der Waals surface area contributed by atoms with Crippen LogP contribution in [0.25, 0.3) is 33.5 Å². The average molecular weight is 447 g/mol. The summed E-state index contributed by atoms with van der Waals surface area (Å²) in [6.07, 6.45) is 7.70. The number of nitrogens with zero attached hydrogens (tertiary/aromatic N) is 4. The van der Waals surface area contributed by atoms with E-state index in [1.54, 1.807) is 13.3 Å². The summed E-state index contributed by atoms with van der Waals surface area (Å²) < 4.78 is 10.4. The fourth-order valence-corrected chi connectivity index (χ4v) is 4.93. The maximum absolute atomic E-state index is 5.46. The van der Waals surface area contributed by atoms with Crippen molar-refractivity contribution in [3.05, 3.63) is 59.0 Å². The molecule has 0 saturated carbocycles. The van der Waals surface area contributed by atoms with E-state index < -0.39 is 0 Å². The molecule has 4 heterocycles. The van der Waals surface area contributed by atoms with Gasteiger partial charge in [0.25, 0.3) is 0 Å². The molecule has 0 atom stereocenters. The fraction of sp³-hybridized carbons (Fsp3) is 0.320. The van der Waals surface area contributed by atoms with Crippen molar-refractivity contribution in [3.8, 4) is 28.3 Å². The van der Waals surface area contributed by atoms with E-state index in [2.05, 4.69) is 32.4 Å². The summed E-state index contributed by atoms with van der Waals surface area (Å²) in [5.41, 5.74) is 4.86. The first-order valence-electron chi connectivity index (χ1n) is 10.9. The van der Waals surface area contributed by atoms with E-state index in [-0.39, 0.29) is 6.79 Å². The number of thiophene rings is 1. The third kappa shape index (κ3) is 4.80. The van der Waals surface area contributed by atoms with Crippen LogP contribution in [0.4, 0.5) is 0 Å².